The number of hydrogen-bond acceptors (Lipinski definition) is 4. The molecule has 5 nitrogen and oxygen atoms in total. The van der Waals surface area contributed by atoms with Gasteiger partial charge in [-0.25, -0.2) is 0 Å². The summed E-state index contributed by atoms with van der Waals surface area (Å²) in [6.07, 6.45) is 1.66. The molecule has 3 aromatic carbocycles. The Balaban J connectivity index is 1.28. The minimum Gasteiger partial charge on any atom is -0.336 e. The lowest BCUT2D eigenvalue weighted by molar-refractivity contribution is 0.0628. The lowest BCUT2D eigenvalue weighted by atomic mass is 10.0. The van der Waals surface area contributed by atoms with Gasteiger partial charge in [0.15, 0.2) is 0 Å². The van der Waals surface area contributed by atoms with Crippen LogP contribution in [0, 0.1) is 0 Å². The van der Waals surface area contributed by atoms with Crippen LogP contribution in [0.15, 0.2) is 71.0 Å². The molecule has 5 rings (SSSR count). The molecule has 30 heavy (non-hydrogen) atoms. The van der Waals surface area contributed by atoms with Crippen molar-refractivity contribution < 1.29 is 13.9 Å². The van der Waals surface area contributed by atoms with E-state index in [1.54, 1.807) is 24.3 Å². The van der Waals surface area contributed by atoms with Crippen molar-refractivity contribution in [1.82, 2.24) is 9.80 Å². The van der Waals surface area contributed by atoms with Gasteiger partial charge in [0.25, 0.3) is 5.91 Å². The molecule has 0 saturated carbocycles. The molecule has 2 N–H and O–H groups in total. The van der Waals surface area contributed by atoms with Gasteiger partial charge in [-0.05, 0) is 34.5 Å². The normalized spacial score (nSPS) is 19.1. The zero-order valence-corrected chi connectivity index (χ0v) is 17.4. The number of benzene rings is 3. The summed E-state index contributed by atoms with van der Waals surface area (Å²) in [6.45, 7) is 3.82. The second kappa shape index (κ2) is 7.56. The van der Waals surface area contributed by atoms with Crippen LogP contribution in [0.25, 0.3) is 16.8 Å². The second-order valence-corrected chi connectivity index (χ2v) is 9.72. The molecule has 1 amide bonds. The zero-order chi connectivity index (χ0) is 20.7. The van der Waals surface area contributed by atoms with Crippen LogP contribution in [0.2, 0.25) is 0 Å². The number of fused-ring (bicyclic) bond motifs is 2. The SMILES string of the molecule is O=C(c1cccc2c1C=CS2(O)O)N1CCN(Cc2cccc3ccccc23)CC1. The van der Waals surface area contributed by atoms with Gasteiger partial charge in [0.05, 0.1) is 4.90 Å². The molecule has 0 bridgehead atoms. The van der Waals surface area contributed by atoms with Crippen LogP contribution < -0.4 is 0 Å². The summed E-state index contributed by atoms with van der Waals surface area (Å²) in [5.41, 5.74) is 2.49. The zero-order valence-electron chi connectivity index (χ0n) is 16.6. The standard InChI is InChI=1S/C24H24N2O3S/c27-24(22-9-4-10-23-21(22)11-16-30(23,28)29)26-14-12-25(13-15-26)17-19-7-3-6-18-5-1-2-8-20(18)19/h1-11,16,28-29H,12-15,17H2. The largest absolute Gasteiger partial charge is 0.336 e. The minimum atomic E-state index is -2.91. The van der Waals surface area contributed by atoms with Gasteiger partial charge in [0.2, 0.25) is 0 Å². The maximum Gasteiger partial charge on any atom is 0.254 e. The third-order valence-corrected chi connectivity index (χ3v) is 7.50. The van der Waals surface area contributed by atoms with Crippen molar-refractivity contribution >= 4 is 33.3 Å². The molecule has 1 fully saturated rings. The monoisotopic (exact) mass is 420 g/mol. The van der Waals surface area contributed by atoms with E-state index in [1.165, 1.54) is 21.7 Å². The number of nitrogens with zero attached hydrogens (tertiary/aromatic N) is 2. The highest BCUT2D eigenvalue weighted by atomic mass is 32.3. The molecule has 3 aromatic rings. The topological polar surface area (TPSA) is 64.0 Å². The van der Waals surface area contributed by atoms with Crippen molar-refractivity contribution in [2.75, 3.05) is 26.2 Å². The van der Waals surface area contributed by atoms with E-state index < -0.39 is 10.6 Å². The molecule has 0 radical (unpaired) electrons. The first kappa shape index (κ1) is 19.3. The molecule has 0 unspecified atom stereocenters. The molecule has 6 heteroatoms. The molecular formula is C24H24N2O3S. The highest BCUT2D eigenvalue weighted by Crippen LogP contribution is 2.56. The Morgan fingerprint density at radius 3 is 2.47 bits per heavy atom. The maximum absolute atomic E-state index is 13.1. The highest BCUT2D eigenvalue weighted by Gasteiger charge is 2.29. The van der Waals surface area contributed by atoms with Gasteiger partial charge in [0.1, 0.15) is 0 Å². The van der Waals surface area contributed by atoms with Crippen LogP contribution in [0.5, 0.6) is 0 Å². The Morgan fingerprint density at radius 1 is 0.900 bits per heavy atom. The van der Waals surface area contributed by atoms with Crippen LogP contribution in [-0.2, 0) is 6.54 Å². The summed E-state index contributed by atoms with van der Waals surface area (Å²) < 4.78 is 20.3. The number of carbonyl (C=O) groups is 1. The van der Waals surface area contributed by atoms with Crippen LogP contribution in [0.4, 0.5) is 0 Å². The Hall–Kier alpha value is -2.64. The number of carbonyl (C=O) groups excluding carboxylic acids is 1. The van der Waals surface area contributed by atoms with Gasteiger partial charge in [-0.1, -0.05) is 48.5 Å². The third kappa shape index (κ3) is 3.42. The molecule has 0 aliphatic carbocycles. The van der Waals surface area contributed by atoms with Gasteiger partial charge in [-0.15, -0.1) is 10.6 Å². The van der Waals surface area contributed by atoms with E-state index >= 15 is 0 Å². The minimum absolute atomic E-state index is 0.0431. The lowest BCUT2D eigenvalue weighted by Crippen LogP contribution is -2.48. The van der Waals surface area contributed by atoms with E-state index in [4.69, 9.17) is 0 Å². The summed E-state index contributed by atoms with van der Waals surface area (Å²) in [5.74, 6) is -0.0431. The molecule has 2 heterocycles. The fraction of sp³-hybridized carbons (Fsp3) is 0.208. The van der Waals surface area contributed by atoms with E-state index in [1.807, 2.05) is 4.90 Å². The quantitative estimate of drug-likeness (QED) is 0.633. The van der Waals surface area contributed by atoms with Crippen LogP contribution in [0.3, 0.4) is 0 Å². The fourth-order valence-electron chi connectivity index (χ4n) is 4.35. The first-order valence-electron chi connectivity index (χ1n) is 10.1. The van der Waals surface area contributed by atoms with Crippen LogP contribution in [0.1, 0.15) is 21.5 Å². The summed E-state index contributed by atoms with van der Waals surface area (Å²) >= 11 is 0. The van der Waals surface area contributed by atoms with Crippen molar-refractivity contribution in [3.8, 4) is 0 Å². The average molecular weight is 421 g/mol. The van der Waals surface area contributed by atoms with Crippen molar-refractivity contribution in [3.63, 3.8) is 0 Å². The molecular weight excluding hydrogens is 396 g/mol. The molecule has 154 valence electrons. The first-order chi connectivity index (χ1) is 14.5. The predicted molar refractivity (Wildman–Crippen MR) is 122 cm³/mol. The second-order valence-electron chi connectivity index (χ2n) is 7.82. The smallest absolute Gasteiger partial charge is 0.254 e. The Labute approximate surface area is 177 Å². The molecule has 2 aliphatic heterocycles. The summed E-state index contributed by atoms with van der Waals surface area (Å²) in [7, 11) is -2.91. The number of piperazine rings is 1. The lowest BCUT2D eigenvalue weighted by Gasteiger charge is -2.35. The Kier molecular flexibility index (Phi) is 4.87. The Morgan fingerprint density at radius 2 is 1.63 bits per heavy atom. The van der Waals surface area contributed by atoms with E-state index in [9.17, 15) is 13.9 Å². The van der Waals surface area contributed by atoms with Crippen molar-refractivity contribution in [2.45, 2.75) is 11.4 Å². The van der Waals surface area contributed by atoms with E-state index in [2.05, 4.69) is 47.4 Å². The van der Waals surface area contributed by atoms with E-state index in [-0.39, 0.29) is 5.91 Å². The fourth-order valence-corrected chi connectivity index (χ4v) is 5.60. The molecule has 1 saturated heterocycles. The molecule has 0 spiro atoms. The van der Waals surface area contributed by atoms with Crippen LogP contribution in [-0.4, -0.2) is 51.0 Å². The van der Waals surface area contributed by atoms with Crippen LogP contribution >= 0.6 is 10.6 Å². The van der Waals surface area contributed by atoms with Gasteiger partial charge < -0.3 is 4.90 Å². The summed E-state index contributed by atoms with van der Waals surface area (Å²) in [4.78, 5) is 17.8. The van der Waals surface area contributed by atoms with Gasteiger partial charge >= 0.3 is 0 Å². The van der Waals surface area contributed by atoms with Gasteiger partial charge in [0, 0.05) is 49.3 Å². The third-order valence-electron chi connectivity index (χ3n) is 5.98. The maximum atomic E-state index is 13.1. The predicted octanol–water partition coefficient (Wildman–Crippen LogP) is 4.89. The van der Waals surface area contributed by atoms with Crippen molar-refractivity contribution in [1.29, 1.82) is 0 Å². The summed E-state index contributed by atoms with van der Waals surface area (Å²) in [5, 5.41) is 3.93. The summed E-state index contributed by atoms with van der Waals surface area (Å²) in [6, 6.07) is 20.0. The van der Waals surface area contributed by atoms with E-state index in [0.29, 0.717) is 29.1 Å². The molecule has 0 atom stereocenters. The highest BCUT2D eigenvalue weighted by molar-refractivity contribution is 8.27. The first-order valence-corrected chi connectivity index (χ1v) is 11.7. The van der Waals surface area contributed by atoms with Crippen molar-refractivity contribution in [3.05, 3.63) is 82.8 Å². The van der Waals surface area contributed by atoms with Gasteiger partial charge in [-0.3, -0.25) is 18.8 Å². The number of rotatable bonds is 3. The van der Waals surface area contributed by atoms with Gasteiger partial charge in [-0.2, -0.15) is 0 Å². The van der Waals surface area contributed by atoms with E-state index in [0.717, 1.165) is 19.6 Å². The van der Waals surface area contributed by atoms with Crippen molar-refractivity contribution in [2.24, 2.45) is 0 Å². The molecule has 2 aliphatic rings. The Bertz CT molecular complexity index is 1140. The molecule has 0 aromatic heterocycles. The number of amides is 1. The number of hydrogen-bond donors (Lipinski definition) is 2. The average Bonchev–Trinajstić information content (AvgIpc) is 3.09.